The largest absolute Gasteiger partial charge is 0.396 e. The molecule has 2 aromatic rings. The highest BCUT2D eigenvalue weighted by Gasteiger charge is 2.18. The van der Waals surface area contributed by atoms with E-state index in [0.29, 0.717) is 12.0 Å². The number of carbonyl (C=O) groups excluding carboxylic acids is 1. The van der Waals surface area contributed by atoms with Crippen molar-refractivity contribution in [3.63, 3.8) is 0 Å². The smallest absolute Gasteiger partial charge is 0.252 e. The number of rotatable bonds is 6. The lowest BCUT2D eigenvalue weighted by Gasteiger charge is -2.14. The molecule has 6 nitrogen and oxygen atoms in total. The number of hydrogen-bond donors (Lipinski definition) is 2. The molecule has 1 amide bonds. The van der Waals surface area contributed by atoms with Crippen LogP contribution in [0.1, 0.15) is 55.7 Å². The van der Waals surface area contributed by atoms with Gasteiger partial charge < -0.3 is 10.4 Å². The summed E-state index contributed by atoms with van der Waals surface area (Å²) < 4.78 is 1.87. The summed E-state index contributed by atoms with van der Waals surface area (Å²) >= 11 is 0. The summed E-state index contributed by atoms with van der Waals surface area (Å²) in [5, 5.41) is 17.0. The van der Waals surface area contributed by atoms with Crippen molar-refractivity contribution in [2.75, 3.05) is 6.61 Å². The van der Waals surface area contributed by atoms with Crippen LogP contribution in [0.5, 0.6) is 0 Å². The molecule has 120 valence electrons. The van der Waals surface area contributed by atoms with Crippen LogP contribution in [0.25, 0.3) is 11.0 Å². The van der Waals surface area contributed by atoms with Crippen LogP contribution in [0, 0.1) is 6.92 Å². The van der Waals surface area contributed by atoms with Crippen molar-refractivity contribution >= 4 is 16.9 Å². The second-order valence-corrected chi connectivity index (χ2v) is 5.78. The monoisotopic (exact) mass is 304 g/mol. The third kappa shape index (κ3) is 3.27. The second-order valence-electron chi connectivity index (χ2n) is 5.78. The van der Waals surface area contributed by atoms with Gasteiger partial charge in [-0.1, -0.05) is 6.92 Å². The predicted octanol–water partition coefficient (Wildman–Crippen LogP) is 2.21. The van der Waals surface area contributed by atoms with Gasteiger partial charge in [-0.15, -0.1) is 0 Å². The van der Waals surface area contributed by atoms with Gasteiger partial charge in [0, 0.05) is 18.3 Å². The Kier molecular flexibility index (Phi) is 5.13. The number of carbonyl (C=O) groups is 1. The highest BCUT2D eigenvalue weighted by Crippen LogP contribution is 2.22. The van der Waals surface area contributed by atoms with Crippen molar-refractivity contribution in [3.8, 4) is 0 Å². The highest BCUT2D eigenvalue weighted by atomic mass is 16.3. The van der Waals surface area contributed by atoms with Crippen LogP contribution < -0.4 is 5.32 Å². The number of aliphatic hydroxyl groups excluding tert-OH is 1. The van der Waals surface area contributed by atoms with Gasteiger partial charge in [0.2, 0.25) is 0 Å². The van der Waals surface area contributed by atoms with E-state index in [1.165, 1.54) is 0 Å². The Labute approximate surface area is 130 Å². The zero-order valence-corrected chi connectivity index (χ0v) is 13.6. The summed E-state index contributed by atoms with van der Waals surface area (Å²) in [6.07, 6.45) is 3.19. The molecule has 0 aliphatic rings. The Morgan fingerprint density at radius 2 is 2.18 bits per heavy atom. The van der Waals surface area contributed by atoms with E-state index >= 15 is 0 Å². The summed E-state index contributed by atoms with van der Waals surface area (Å²) in [7, 11) is 0. The van der Waals surface area contributed by atoms with Crippen molar-refractivity contribution in [2.24, 2.45) is 0 Å². The summed E-state index contributed by atoms with van der Waals surface area (Å²) in [4.78, 5) is 17.0. The fourth-order valence-corrected chi connectivity index (χ4v) is 2.39. The predicted molar refractivity (Wildman–Crippen MR) is 85.9 cm³/mol. The van der Waals surface area contributed by atoms with Gasteiger partial charge >= 0.3 is 0 Å². The number of pyridine rings is 1. The van der Waals surface area contributed by atoms with Crippen molar-refractivity contribution in [1.82, 2.24) is 20.1 Å². The average molecular weight is 304 g/mol. The fraction of sp³-hybridized carbons (Fsp3) is 0.562. The molecule has 2 N–H and O–H groups in total. The first-order chi connectivity index (χ1) is 10.5. The van der Waals surface area contributed by atoms with Crippen LogP contribution in [-0.2, 0) is 0 Å². The SMILES string of the molecule is CCC(C)n1ncc2c(C(=O)NC(C)CCO)cc(C)nc21. The molecule has 0 fully saturated rings. The van der Waals surface area contributed by atoms with Crippen LogP contribution in [0.2, 0.25) is 0 Å². The van der Waals surface area contributed by atoms with E-state index in [4.69, 9.17) is 5.11 Å². The van der Waals surface area contributed by atoms with Gasteiger partial charge in [0.25, 0.3) is 5.91 Å². The third-order valence-corrected chi connectivity index (χ3v) is 3.89. The van der Waals surface area contributed by atoms with Crippen LogP contribution in [0.4, 0.5) is 0 Å². The molecule has 2 rings (SSSR count). The minimum Gasteiger partial charge on any atom is -0.396 e. The normalized spacial score (nSPS) is 14.0. The Hall–Kier alpha value is -1.95. The molecule has 0 saturated heterocycles. The Morgan fingerprint density at radius 1 is 1.45 bits per heavy atom. The van der Waals surface area contributed by atoms with E-state index < -0.39 is 0 Å². The lowest BCUT2D eigenvalue weighted by molar-refractivity contribution is 0.0936. The standard InChI is InChI=1S/C16H24N4O2/c1-5-12(4)20-15-14(9-17-20)13(8-11(3)18-15)16(22)19-10(2)6-7-21/h8-10,12,21H,5-7H2,1-4H3,(H,19,22). The van der Waals surface area contributed by atoms with E-state index in [-0.39, 0.29) is 24.6 Å². The van der Waals surface area contributed by atoms with Crippen molar-refractivity contribution in [3.05, 3.63) is 23.5 Å². The summed E-state index contributed by atoms with van der Waals surface area (Å²) in [5.41, 5.74) is 2.12. The lowest BCUT2D eigenvalue weighted by Crippen LogP contribution is -2.33. The minimum atomic E-state index is -0.153. The molecular formula is C16H24N4O2. The number of amides is 1. The maximum absolute atomic E-state index is 12.5. The molecule has 0 saturated carbocycles. The van der Waals surface area contributed by atoms with Crippen molar-refractivity contribution in [1.29, 1.82) is 0 Å². The zero-order chi connectivity index (χ0) is 16.3. The number of hydrogen-bond acceptors (Lipinski definition) is 4. The number of aryl methyl sites for hydroxylation is 1. The summed E-state index contributed by atoms with van der Waals surface area (Å²) in [6, 6.07) is 1.94. The topological polar surface area (TPSA) is 80.0 Å². The average Bonchev–Trinajstić information content (AvgIpc) is 2.89. The Balaban J connectivity index is 2.42. The number of aromatic nitrogens is 3. The minimum absolute atomic E-state index is 0.0537. The molecule has 22 heavy (non-hydrogen) atoms. The van der Waals surface area contributed by atoms with Gasteiger partial charge in [-0.25, -0.2) is 9.67 Å². The Morgan fingerprint density at radius 3 is 2.82 bits per heavy atom. The Bertz CT molecular complexity index is 665. The maximum Gasteiger partial charge on any atom is 0.252 e. The van der Waals surface area contributed by atoms with E-state index in [1.54, 1.807) is 12.3 Å². The first-order valence-corrected chi connectivity index (χ1v) is 7.74. The lowest BCUT2D eigenvalue weighted by atomic mass is 10.1. The van der Waals surface area contributed by atoms with Crippen LogP contribution in [0.15, 0.2) is 12.3 Å². The van der Waals surface area contributed by atoms with Gasteiger partial charge in [-0.05, 0) is 39.7 Å². The van der Waals surface area contributed by atoms with Gasteiger partial charge in [-0.3, -0.25) is 4.79 Å². The number of nitrogens with one attached hydrogen (secondary N) is 1. The first-order valence-electron chi connectivity index (χ1n) is 7.74. The number of aliphatic hydroxyl groups is 1. The van der Waals surface area contributed by atoms with Crippen LogP contribution in [0.3, 0.4) is 0 Å². The van der Waals surface area contributed by atoms with E-state index in [0.717, 1.165) is 23.1 Å². The maximum atomic E-state index is 12.5. The fourth-order valence-electron chi connectivity index (χ4n) is 2.39. The molecule has 2 unspecified atom stereocenters. The molecule has 0 bridgehead atoms. The third-order valence-electron chi connectivity index (χ3n) is 3.89. The van der Waals surface area contributed by atoms with E-state index in [9.17, 15) is 4.79 Å². The van der Waals surface area contributed by atoms with Gasteiger partial charge in [-0.2, -0.15) is 5.10 Å². The zero-order valence-electron chi connectivity index (χ0n) is 13.6. The second kappa shape index (κ2) is 6.87. The first kappa shape index (κ1) is 16.4. The molecule has 2 atom stereocenters. The molecule has 2 aromatic heterocycles. The summed E-state index contributed by atoms with van der Waals surface area (Å²) in [5.74, 6) is -0.153. The van der Waals surface area contributed by atoms with Gasteiger partial charge in [0.05, 0.1) is 23.2 Å². The van der Waals surface area contributed by atoms with Gasteiger partial charge in [0.15, 0.2) is 5.65 Å². The molecule has 6 heteroatoms. The molecule has 2 heterocycles. The van der Waals surface area contributed by atoms with Crippen LogP contribution in [-0.4, -0.2) is 38.4 Å². The van der Waals surface area contributed by atoms with E-state index in [2.05, 4.69) is 29.2 Å². The molecule has 0 radical (unpaired) electrons. The van der Waals surface area contributed by atoms with E-state index in [1.807, 2.05) is 18.5 Å². The van der Waals surface area contributed by atoms with Gasteiger partial charge in [0.1, 0.15) is 0 Å². The number of fused-ring (bicyclic) bond motifs is 1. The quantitative estimate of drug-likeness (QED) is 0.857. The molecule has 0 aliphatic carbocycles. The highest BCUT2D eigenvalue weighted by molar-refractivity contribution is 6.05. The van der Waals surface area contributed by atoms with Crippen LogP contribution >= 0.6 is 0 Å². The molecule has 0 aromatic carbocycles. The molecular weight excluding hydrogens is 280 g/mol. The molecule has 0 spiro atoms. The van der Waals surface area contributed by atoms with Crippen molar-refractivity contribution < 1.29 is 9.90 Å². The summed E-state index contributed by atoms with van der Waals surface area (Å²) in [6.45, 7) is 7.99. The number of nitrogens with zero attached hydrogens (tertiary/aromatic N) is 3. The van der Waals surface area contributed by atoms with Crippen molar-refractivity contribution in [2.45, 2.75) is 52.6 Å². The molecule has 0 aliphatic heterocycles.